The Morgan fingerprint density at radius 3 is 2.57 bits per heavy atom. The summed E-state index contributed by atoms with van der Waals surface area (Å²) in [5.74, 6) is -1.65. The Hall–Kier alpha value is -4.29. The monoisotopic (exact) mass is 607 g/mol. The SMILES string of the molecule is O=C(NC1=N[C@]2(c3cc(/C=C(\F)c4cnc(Cl)cn4)ccc3F)CN(c3ncc(F)cn3)C[C@@H]2CS1)c1ccccc1. The van der Waals surface area contributed by atoms with E-state index in [-0.39, 0.29) is 40.7 Å². The van der Waals surface area contributed by atoms with E-state index in [0.717, 1.165) is 12.4 Å². The lowest BCUT2D eigenvalue weighted by atomic mass is 9.81. The number of aliphatic imine (C=N–C) groups is 1. The summed E-state index contributed by atoms with van der Waals surface area (Å²) in [5, 5.41) is 3.30. The first kappa shape index (κ1) is 27.9. The fourth-order valence-electron chi connectivity index (χ4n) is 5.04. The lowest BCUT2D eigenvalue weighted by molar-refractivity contribution is 0.0977. The molecule has 0 radical (unpaired) electrons. The van der Waals surface area contributed by atoms with Gasteiger partial charge in [0.15, 0.2) is 16.8 Å². The summed E-state index contributed by atoms with van der Waals surface area (Å²) < 4.78 is 44.3. The number of nitrogens with zero attached hydrogens (tertiary/aromatic N) is 6. The quantitative estimate of drug-likeness (QED) is 0.319. The number of benzene rings is 2. The number of nitrogens with one attached hydrogen (secondary N) is 1. The molecule has 0 saturated carbocycles. The van der Waals surface area contributed by atoms with Crippen LogP contribution in [0.4, 0.5) is 19.1 Å². The van der Waals surface area contributed by atoms with E-state index < -0.39 is 23.0 Å². The zero-order valence-electron chi connectivity index (χ0n) is 21.7. The summed E-state index contributed by atoms with van der Waals surface area (Å²) in [5.41, 5.74) is -0.183. The third-order valence-electron chi connectivity index (χ3n) is 7.03. The number of aromatic nitrogens is 4. The van der Waals surface area contributed by atoms with Gasteiger partial charge in [-0.1, -0.05) is 47.6 Å². The molecule has 0 bridgehead atoms. The number of halogens is 4. The van der Waals surface area contributed by atoms with Crippen LogP contribution in [-0.2, 0) is 5.54 Å². The molecule has 8 nitrogen and oxygen atoms in total. The third kappa shape index (κ3) is 5.59. The number of anilines is 1. The van der Waals surface area contributed by atoms with Gasteiger partial charge in [0.1, 0.15) is 22.2 Å². The van der Waals surface area contributed by atoms with Crippen molar-refractivity contribution < 1.29 is 18.0 Å². The number of amidine groups is 1. The van der Waals surface area contributed by atoms with E-state index in [9.17, 15) is 9.18 Å². The van der Waals surface area contributed by atoms with Gasteiger partial charge in [-0.05, 0) is 35.9 Å². The Labute approximate surface area is 247 Å². The van der Waals surface area contributed by atoms with Gasteiger partial charge in [0.25, 0.3) is 5.91 Å². The van der Waals surface area contributed by atoms with E-state index in [1.165, 1.54) is 48.4 Å². The lowest BCUT2D eigenvalue weighted by Crippen LogP contribution is -2.43. The first-order chi connectivity index (χ1) is 20.3. The molecule has 2 aliphatic rings. The van der Waals surface area contributed by atoms with Gasteiger partial charge in [0.2, 0.25) is 5.95 Å². The molecule has 0 unspecified atom stereocenters. The second-order valence-electron chi connectivity index (χ2n) is 9.71. The molecule has 42 heavy (non-hydrogen) atoms. The summed E-state index contributed by atoms with van der Waals surface area (Å²) in [4.78, 5) is 35.7. The molecule has 2 aromatic heterocycles. The minimum atomic E-state index is -1.19. The van der Waals surface area contributed by atoms with Crippen LogP contribution in [0.2, 0.25) is 5.15 Å². The topological polar surface area (TPSA) is 96.3 Å². The van der Waals surface area contributed by atoms with Crippen molar-refractivity contribution in [2.24, 2.45) is 10.9 Å². The van der Waals surface area contributed by atoms with Crippen LogP contribution in [0.3, 0.4) is 0 Å². The predicted molar refractivity (Wildman–Crippen MR) is 156 cm³/mol. The second-order valence-corrected chi connectivity index (χ2v) is 11.1. The maximum atomic E-state index is 15.7. The highest BCUT2D eigenvalue weighted by Gasteiger charge is 2.52. The van der Waals surface area contributed by atoms with Crippen molar-refractivity contribution in [2.75, 3.05) is 23.7 Å². The van der Waals surface area contributed by atoms with Gasteiger partial charge in [0, 0.05) is 29.3 Å². The molecule has 6 rings (SSSR count). The van der Waals surface area contributed by atoms with Crippen LogP contribution >= 0.6 is 23.4 Å². The maximum absolute atomic E-state index is 15.7. The fourth-order valence-corrected chi connectivity index (χ4v) is 6.27. The van der Waals surface area contributed by atoms with Crippen LogP contribution in [0.5, 0.6) is 0 Å². The zero-order valence-corrected chi connectivity index (χ0v) is 23.3. The van der Waals surface area contributed by atoms with Gasteiger partial charge >= 0.3 is 0 Å². The van der Waals surface area contributed by atoms with Crippen LogP contribution < -0.4 is 10.2 Å². The highest BCUT2D eigenvalue weighted by atomic mass is 35.5. The normalized spacial score (nSPS) is 20.2. The lowest BCUT2D eigenvalue weighted by Gasteiger charge is -2.35. The Morgan fingerprint density at radius 1 is 1.05 bits per heavy atom. The van der Waals surface area contributed by atoms with Crippen LogP contribution in [0.25, 0.3) is 11.9 Å². The summed E-state index contributed by atoms with van der Waals surface area (Å²) in [6.07, 6.45) is 5.79. The zero-order chi connectivity index (χ0) is 29.3. The highest BCUT2D eigenvalue weighted by molar-refractivity contribution is 8.13. The predicted octanol–water partition coefficient (Wildman–Crippen LogP) is 5.53. The molecule has 1 amide bonds. The third-order valence-corrected chi connectivity index (χ3v) is 8.26. The van der Waals surface area contributed by atoms with Crippen molar-refractivity contribution in [1.29, 1.82) is 0 Å². The van der Waals surface area contributed by atoms with E-state index in [1.54, 1.807) is 30.3 Å². The van der Waals surface area contributed by atoms with Crippen molar-refractivity contribution >= 4 is 52.3 Å². The highest BCUT2D eigenvalue weighted by Crippen LogP contribution is 2.47. The number of carbonyl (C=O) groups excluding carboxylic acids is 1. The van der Waals surface area contributed by atoms with Crippen molar-refractivity contribution in [3.63, 3.8) is 0 Å². The number of carbonyl (C=O) groups is 1. The summed E-state index contributed by atoms with van der Waals surface area (Å²) in [6.45, 7) is 0.542. The molecule has 2 aromatic carbocycles. The number of rotatable bonds is 5. The van der Waals surface area contributed by atoms with E-state index in [0.29, 0.717) is 28.6 Å². The maximum Gasteiger partial charge on any atom is 0.257 e. The fraction of sp³-hybridized carbons (Fsp3) is 0.172. The molecule has 1 fully saturated rings. The molecule has 4 aromatic rings. The van der Waals surface area contributed by atoms with Crippen LogP contribution in [0.15, 0.2) is 78.3 Å². The molecule has 13 heteroatoms. The summed E-state index contributed by atoms with van der Waals surface area (Å²) in [6, 6.07) is 12.9. The van der Waals surface area contributed by atoms with E-state index in [4.69, 9.17) is 16.6 Å². The average molecular weight is 608 g/mol. The minimum Gasteiger partial charge on any atom is -0.338 e. The van der Waals surface area contributed by atoms with Crippen molar-refractivity contribution in [1.82, 2.24) is 25.3 Å². The smallest absolute Gasteiger partial charge is 0.257 e. The van der Waals surface area contributed by atoms with E-state index >= 15 is 8.78 Å². The van der Waals surface area contributed by atoms with Crippen LogP contribution in [-0.4, -0.2) is 49.9 Å². The van der Waals surface area contributed by atoms with Crippen LogP contribution in [0.1, 0.15) is 27.2 Å². The molecular formula is C29H21ClF3N7OS. The first-order valence-corrected chi connectivity index (χ1v) is 14.1. The Morgan fingerprint density at radius 2 is 1.83 bits per heavy atom. The van der Waals surface area contributed by atoms with Gasteiger partial charge in [-0.15, -0.1) is 0 Å². The molecule has 1 N–H and O–H groups in total. The minimum absolute atomic E-state index is 0.0280. The van der Waals surface area contributed by atoms with Gasteiger partial charge in [-0.25, -0.2) is 38.1 Å². The van der Waals surface area contributed by atoms with Gasteiger partial charge in [-0.2, -0.15) is 0 Å². The molecule has 1 saturated heterocycles. The molecule has 212 valence electrons. The van der Waals surface area contributed by atoms with Gasteiger partial charge < -0.3 is 10.2 Å². The number of amides is 1. The summed E-state index contributed by atoms with van der Waals surface area (Å²) >= 11 is 7.11. The number of hydrogen-bond acceptors (Lipinski definition) is 8. The summed E-state index contributed by atoms with van der Waals surface area (Å²) in [7, 11) is 0. The van der Waals surface area contributed by atoms with Gasteiger partial charge in [0.05, 0.1) is 31.3 Å². The number of thioether (sulfide) groups is 1. The van der Waals surface area contributed by atoms with Gasteiger partial charge in [-0.3, -0.25) is 4.79 Å². The first-order valence-electron chi connectivity index (χ1n) is 12.8. The van der Waals surface area contributed by atoms with Crippen molar-refractivity contribution in [3.05, 3.63) is 112 Å². The van der Waals surface area contributed by atoms with E-state index in [2.05, 4.69) is 25.3 Å². The molecule has 0 spiro atoms. The van der Waals surface area contributed by atoms with Crippen molar-refractivity contribution in [3.8, 4) is 0 Å². The largest absolute Gasteiger partial charge is 0.338 e. The Kier molecular flexibility index (Phi) is 7.65. The molecule has 2 aliphatic heterocycles. The molecular weight excluding hydrogens is 587 g/mol. The molecule has 0 aliphatic carbocycles. The average Bonchev–Trinajstić information content (AvgIpc) is 3.39. The van der Waals surface area contributed by atoms with Crippen LogP contribution in [0, 0.1) is 17.6 Å². The standard InChI is InChI=1S/C29H21ClF3N7OS/c30-25-13-34-24(12-35-25)23(33)9-17-6-7-22(32)21(8-17)29-16-40(27-36-10-20(31)11-37-27)14-19(29)15-42-28(39-29)38-26(41)18-4-2-1-3-5-18/h1-13,19H,14-16H2,(H,38,39,41)/b23-9-/t19-,29-/m1/s1. The van der Waals surface area contributed by atoms with Crippen molar-refractivity contribution in [2.45, 2.75) is 5.54 Å². The number of hydrogen-bond donors (Lipinski definition) is 1. The Bertz CT molecular complexity index is 1690. The second kappa shape index (κ2) is 11.5. The molecule has 2 atom stereocenters. The number of fused-ring (bicyclic) bond motifs is 1. The Balaban J connectivity index is 1.41. The molecule has 4 heterocycles. The van der Waals surface area contributed by atoms with E-state index in [1.807, 2.05) is 4.90 Å².